The van der Waals surface area contributed by atoms with E-state index >= 15 is 0 Å². The van der Waals surface area contributed by atoms with Gasteiger partial charge in [-0.25, -0.2) is 4.39 Å². The average Bonchev–Trinajstić information content (AvgIpc) is 2.26. The molecule has 1 fully saturated rings. The maximum absolute atomic E-state index is 14.0. The van der Waals surface area contributed by atoms with E-state index in [1.807, 2.05) is 13.8 Å². The van der Waals surface area contributed by atoms with Crippen LogP contribution in [-0.4, -0.2) is 18.2 Å². The van der Waals surface area contributed by atoms with E-state index in [0.29, 0.717) is 23.7 Å². The van der Waals surface area contributed by atoms with Crippen molar-refractivity contribution < 1.29 is 9.50 Å². The van der Waals surface area contributed by atoms with Crippen LogP contribution in [0.3, 0.4) is 0 Å². The van der Waals surface area contributed by atoms with Gasteiger partial charge in [-0.3, -0.25) is 0 Å². The second-order valence-corrected chi connectivity index (χ2v) is 5.35. The van der Waals surface area contributed by atoms with Gasteiger partial charge in [0.25, 0.3) is 0 Å². The third kappa shape index (κ3) is 2.07. The molecule has 2 rings (SSSR count). The summed E-state index contributed by atoms with van der Waals surface area (Å²) in [6, 6.07) is 4.48. The van der Waals surface area contributed by atoms with Crippen LogP contribution in [0.2, 0.25) is 5.02 Å². The Morgan fingerprint density at radius 3 is 2.47 bits per heavy atom. The molecule has 4 heteroatoms. The molecule has 0 bridgehead atoms. The number of nitrogens with one attached hydrogen (secondary N) is 1. The number of halogens is 2. The molecule has 1 aromatic rings. The van der Waals surface area contributed by atoms with Crippen molar-refractivity contribution in [2.24, 2.45) is 11.8 Å². The fourth-order valence-electron chi connectivity index (χ4n) is 2.66. The number of hydrogen-bond donors (Lipinski definition) is 2. The Kier molecular flexibility index (Phi) is 3.43. The summed E-state index contributed by atoms with van der Waals surface area (Å²) in [5.74, 6) is -0.510. The molecule has 17 heavy (non-hydrogen) atoms. The van der Waals surface area contributed by atoms with Crippen molar-refractivity contribution in [3.8, 4) is 0 Å². The molecular weight excluding hydrogens is 241 g/mol. The Balaban J connectivity index is 2.48. The quantitative estimate of drug-likeness (QED) is 0.810. The van der Waals surface area contributed by atoms with Crippen LogP contribution >= 0.6 is 11.6 Å². The highest BCUT2D eigenvalue weighted by atomic mass is 35.5. The van der Waals surface area contributed by atoms with Crippen LogP contribution < -0.4 is 5.32 Å². The van der Waals surface area contributed by atoms with Crippen LogP contribution in [0, 0.1) is 17.7 Å². The number of hydrogen-bond acceptors (Lipinski definition) is 2. The second kappa shape index (κ2) is 4.56. The molecule has 1 aliphatic rings. The van der Waals surface area contributed by atoms with Gasteiger partial charge in [-0.15, -0.1) is 0 Å². The van der Waals surface area contributed by atoms with E-state index in [0.717, 1.165) is 0 Å². The highest BCUT2D eigenvalue weighted by Gasteiger charge is 2.44. The predicted molar refractivity (Wildman–Crippen MR) is 66.5 cm³/mol. The van der Waals surface area contributed by atoms with Gasteiger partial charge in [0.05, 0.1) is 5.60 Å². The van der Waals surface area contributed by atoms with E-state index in [1.165, 1.54) is 6.07 Å². The first-order valence-corrected chi connectivity index (χ1v) is 6.22. The first-order chi connectivity index (χ1) is 7.96. The molecule has 3 atom stereocenters. The van der Waals surface area contributed by atoms with E-state index in [9.17, 15) is 9.50 Å². The van der Waals surface area contributed by atoms with Gasteiger partial charge in [0, 0.05) is 35.5 Å². The van der Waals surface area contributed by atoms with E-state index in [2.05, 4.69) is 5.32 Å². The number of piperidine rings is 1. The lowest BCUT2D eigenvalue weighted by molar-refractivity contribution is -0.0831. The lowest BCUT2D eigenvalue weighted by Crippen LogP contribution is -2.53. The Bertz CT molecular complexity index is 414. The van der Waals surface area contributed by atoms with E-state index in [1.54, 1.807) is 12.1 Å². The second-order valence-electron chi connectivity index (χ2n) is 4.91. The van der Waals surface area contributed by atoms with Crippen LogP contribution in [0.15, 0.2) is 18.2 Å². The third-order valence-corrected chi connectivity index (χ3v) is 4.00. The molecule has 1 heterocycles. The Morgan fingerprint density at radius 2 is 1.94 bits per heavy atom. The van der Waals surface area contributed by atoms with Crippen LogP contribution in [0.5, 0.6) is 0 Å². The predicted octanol–water partition coefficient (Wildman–Crippen LogP) is 2.54. The van der Waals surface area contributed by atoms with Crippen molar-refractivity contribution >= 4 is 11.6 Å². The highest BCUT2D eigenvalue weighted by Crippen LogP contribution is 2.40. The van der Waals surface area contributed by atoms with Gasteiger partial charge in [-0.05, 0) is 12.1 Å². The Labute approximate surface area is 106 Å². The topological polar surface area (TPSA) is 32.3 Å². The van der Waals surface area contributed by atoms with Crippen molar-refractivity contribution in [1.29, 1.82) is 0 Å². The zero-order valence-electron chi connectivity index (χ0n) is 10.0. The summed E-state index contributed by atoms with van der Waals surface area (Å²) in [6.45, 7) is 5.22. The molecule has 0 spiro atoms. The minimum Gasteiger partial charge on any atom is -0.384 e. The zero-order chi connectivity index (χ0) is 12.6. The molecule has 0 amide bonds. The van der Waals surface area contributed by atoms with Crippen LogP contribution in [-0.2, 0) is 5.60 Å². The minimum absolute atomic E-state index is 0.0399. The Hall–Kier alpha value is -0.640. The van der Waals surface area contributed by atoms with E-state index in [-0.39, 0.29) is 11.8 Å². The molecule has 94 valence electrons. The van der Waals surface area contributed by atoms with Gasteiger partial charge in [0.2, 0.25) is 0 Å². The monoisotopic (exact) mass is 257 g/mol. The van der Waals surface area contributed by atoms with Crippen molar-refractivity contribution in [1.82, 2.24) is 5.32 Å². The molecule has 0 aliphatic carbocycles. The van der Waals surface area contributed by atoms with Gasteiger partial charge in [-0.1, -0.05) is 31.5 Å². The first kappa shape index (κ1) is 12.8. The smallest absolute Gasteiger partial charge is 0.130 e. The maximum atomic E-state index is 14.0. The summed E-state index contributed by atoms with van der Waals surface area (Å²) in [5.41, 5.74) is -0.775. The number of rotatable bonds is 1. The van der Waals surface area contributed by atoms with Gasteiger partial charge in [0.1, 0.15) is 5.82 Å². The molecular formula is C13H17ClFNO. The van der Waals surface area contributed by atoms with E-state index in [4.69, 9.17) is 11.6 Å². The molecule has 2 N–H and O–H groups in total. The molecule has 0 aromatic heterocycles. The van der Waals surface area contributed by atoms with Crippen molar-refractivity contribution in [2.45, 2.75) is 19.4 Å². The summed E-state index contributed by atoms with van der Waals surface area (Å²) in [5, 5.41) is 14.4. The highest BCUT2D eigenvalue weighted by molar-refractivity contribution is 6.30. The van der Waals surface area contributed by atoms with Crippen molar-refractivity contribution in [3.05, 3.63) is 34.6 Å². The Morgan fingerprint density at radius 1 is 1.35 bits per heavy atom. The average molecular weight is 258 g/mol. The molecule has 0 radical (unpaired) electrons. The number of benzene rings is 1. The maximum Gasteiger partial charge on any atom is 0.130 e. The van der Waals surface area contributed by atoms with Gasteiger partial charge in [0.15, 0.2) is 0 Å². The van der Waals surface area contributed by atoms with Crippen molar-refractivity contribution in [2.75, 3.05) is 13.1 Å². The number of aliphatic hydroxyl groups is 1. The zero-order valence-corrected chi connectivity index (χ0v) is 10.8. The fourth-order valence-corrected chi connectivity index (χ4v) is 2.82. The van der Waals surface area contributed by atoms with Crippen molar-refractivity contribution in [3.63, 3.8) is 0 Å². The molecule has 1 saturated heterocycles. The summed E-state index contributed by atoms with van der Waals surface area (Å²) < 4.78 is 14.0. The minimum atomic E-state index is -1.13. The summed E-state index contributed by atoms with van der Waals surface area (Å²) in [6.07, 6.45) is 0. The lowest BCUT2D eigenvalue weighted by Gasteiger charge is -2.44. The third-order valence-electron chi connectivity index (χ3n) is 3.77. The molecule has 0 saturated carbocycles. The summed E-state index contributed by atoms with van der Waals surface area (Å²) in [7, 11) is 0. The lowest BCUT2D eigenvalue weighted by atomic mass is 9.71. The van der Waals surface area contributed by atoms with Gasteiger partial charge >= 0.3 is 0 Å². The molecule has 1 aromatic carbocycles. The van der Waals surface area contributed by atoms with Crippen LogP contribution in [0.4, 0.5) is 4.39 Å². The van der Waals surface area contributed by atoms with Crippen LogP contribution in [0.1, 0.15) is 19.4 Å². The molecule has 1 aliphatic heterocycles. The van der Waals surface area contributed by atoms with Crippen LogP contribution in [0.25, 0.3) is 0 Å². The molecule has 2 nitrogen and oxygen atoms in total. The molecule has 0 unspecified atom stereocenters. The van der Waals surface area contributed by atoms with Gasteiger partial charge < -0.3 is 10.4 Å². The van der Waals surface area contributed by atoms with E-state index < -0.39 is 11.4 Å². The van der Waals surface area contributed by atoms with Gasteiger partial charge in [-0.2, -0.15) is 0 Å². The SMILES string of the molecule is C[C@@H]1CNC[C@H](C)[C@@]1(O)c1ccc(Cl)cc1F. The normalized spacial score (nSPS) is 33.7. The standard InChI is InChI=1S/C13H17ClFNO/c1-8-6-16-7-9(2)13(8,17)11-4-3-10(14)5-12(11)15/h3-5,8-9,16-17H,6-7H2,1-2H3/t8-,9+,13-. The summed E-state index contributed by atoms with van der Waals surface area (Å²) >= 11 is 5.74. The fraction of sp³-hybridized carbons (Fsp3) is 0.538. The first-order valence-electron chi connectivity index (χ1n) is 5.85. The largest absolute Gasteiger partial charge is 0.384 e. The summed E-state index contributed by atoms with van der Waals surface area (Å²) in [4.78, 5) is 0.